The predicted octanol–water partition coefficient (Wildman–Crippen LogP) is -0.125. The van der Waals surface area contributed by atoms with E-state index in [9.17, 15) is 0 Å². The van der Waals surface area contributed by atoms with Gasteiger partial charge in [-0.25, -0.2) is 0 Å². The lowest BCUT2D eigenvalue weighted by atomic mass is 10.2. The maximum absolute atomic E-state index is 2.51. The summed E-state index contributed by atoms with van der Waals surface area (Å²) in [6, 6.07) is 2.15. The van der Waals surface area contributed by atoms with Gasteiger partial charge in [-0.1, -0.05) is 0 Å². The van der Waals surface area contributed by atoms with E-state index in [-0.39, 0.29) is 0 Å². The van der Waals surface area contributed by atoms with Crippen LogP contribution in [0.15, 0.2) is 18.5 Å². The minimum atomic E-state index is 1.19. The zero-order chi connectivity index (χ0) is 8.67. The molecule has 0 atom stereocenters. The summed E-state index contributed by atoms with van der Waals surface area (Å²) in [6.45, 7) is 4.85. The molecule has 0 unspecified atom stereocenters. The molecular weight excluding hydrogens is 162 g/mol. The number of hydrogen-bond donors (Lipinski definition) is 0. The normalized spacial score (nSPS) is 19.8. The van der Waals surface area contributed by atoms with Gasteiger partial charge in [-0.2, -0.15) is 14.0 Å². The van der Waals surface area contributed by atoms with Crippen LogP contribution in [-0.2, 0) is 13.1 Å². The van der Waals surface area contributed by atoms with Gasteiger partial charge in [-0.05, 0) is 0 Å². The van der Waals surface area contributed by atoms with Crippen LogP contribution in [-0.4, -0.2) is 13.1 Å². The molecule has 3 heteroatoms. The number of aromatic nitrogens is 2. The maximum atomic E-state index is 2.51. The topological polar surface area (TPSA) is 11.0 Å². The largest absolute Gasteiger partial charge is 0.527 e. The second-order valence-electron chi connectivity index (χ2n) is 3.87. The van der Waals surface area contributed by atoms with Crippen molar-refractivity contribution in [3.63, 3.8) is 0 Å². The molecule has 0 bridgehead atoms. The van der Waals surface area contributed by atoms with Gasteiger partial charge in [0.2, 0.25) is 0 Å². The highest BCUT2D eigenvalue weighted by Crippen LogP contribution is 2.12. The van der Waals surface area contributed by atoms with Crippen LogP contribution in [0.1, 0.15) is 12.8 Å². The zero-order valence-corrected chi connectivity index (χ0v) is 7.82. The summed E-state index contributed by atoms with van der Waals surface area (Å²) in [5, 5.41) is 0. The van der Waals surface area contributed by atoms with E-state index in [2.05, 4.69) is 32.5 Å². The van der Waals surface area contributed by atoms with E-state index in [0.717, 1.165) is 0 Å². The van der Waals surface area contributed by atoms with Crippen molar-refractivity contribution in [3.8, 4) is 0 Å². The van der Waals surface area contributed by atoms with Gasteiger partial charge in [0, 0.05) is 18.9 Å². The molecule has 3 rings (SSSR count). The molecule has 0 aromatic carbocycles. The summed E-state index contributed by atoms with van der Waals surface area (Å²) in [5.41, 5.74) is 0. The minimum Gasteiger partial charge on any atom is -0.187 e. The molecular formula is C10H15N3+2. The fourth-order valence-electron chi connectivity index (χ4n) is 2.43. The first kappa shape index (κ1) is 7.30. The Morgan fingerprint density at radius 3 is 2.23 bits per heavy atom. The van der Waals surface area contributed by atoms with Crippen molar-refractivity contribution in [1.29, 1.82) is 0 Å². The highest BCUT2D eigenvalue weighted by Gasteiger charge is 2.37. The fraction of sp³-hybridized carbons (Fsp3) is 0.600. The lowest BCUT2D eigenvalue weighted by molar-refractivity contribution is -0.811. The first-order valence-electron chi connectivity index (χ1n) is 5.12. The molecule has 0 saturated carbocycles. The van der Waals surface area contributed by atoms with E-state index in [1.807, 2.05) is 0 Å². The number of hydrogen-bond acceptors (Lipinski definition) is 1. The van der Waals surface area contributed by atoms with E-state index in [1.54, 1.807) is 0 Å². The van der Waals surface area contributed by atoms with Crippen molar-refractivity contribution in [3.05, 3.63) is 18.5 Å². The van der Waals surface area contributed by atoms with Gasteiger partial charge >= 0.3 is 5.95 Å². The number of aryl methyl sites for hydroxylation is 2. The van der Waals surface area contributed by atoms with Crippen LogP contribution in [0.25, 0.3) is 0 Å². The smallest absolute Gasteiger partial charge is 0.187 e. The van der Waals surface area contributed by atoms with E-state index < -0.39 is 0 Å². The summed E-state index contributed by atoms with van der Waals surface area (Å²) in [6.07, 6.45) is 6.98. The Morgan fingerprint density at radius 1 is 1.00 bits per heavy atom. The van der Waals surface area contributed by atoms with E-state index in [4.69, 9.17) is 0 Å². The average molecular weight is 177 g/mol. The summed E-state index contributed by atoms with van der Waals surface area (Å²) in [4.78, 5) is 2.51. The standard InChI is InChI=1S/C10H15N3/c1-4-11-6-2-8-13-9-3-7-12(5-1)10(11)13/h1,4-5H,2-3,6-9H2/q+2. The fourth-order valence-corrected chi connectivity index (χ4v) is 2.43. The molecule has 0 saturated heterocycles. The molecule has 0 aliphatic carbocycles. The van der Waals surface area contributed by atoms with Crippen molar-refractivity contribution in [2.45, 2.75) is 25.9 Å². The summed E-state index contributed by atoms with van der Waals surface area (Å²) in [7, 11) is 0. The monoisotopic (exact) mass is 177 g/mol. The molecule has 0 amide bonds. The van der Waals surface area contributed by atoms with Crippen LogP contribution in [0, 0.1) is 0 Å². The van der Waals surface area contributed by atoms with Gasteiger partial charge in [-0.3, -0.25) is 0 Å². The lowest BCUT2D eigenvalue weighted by Gasteiger charge is -2.22. The van der Waals surface area contributed by atoms with Gasteiger partial charge in [0.15, 0.2) is 0 Å². The summed E-state index contributed by atoms with van der Waals surface area (Å²) in [5.74, 6) is 1.42. The van der Waals surface area contributed by atoms with Gasteiger partial charge < -0.3 is 0 Å². The van der Waals surface area contributed by atoms with E-state index >= 15 is 0 Å². The van der Waals surface area contributed by atoms with Crippen LogP contribution >= 0.6 is 0 Å². The van der Waals surface area contributed by atoms with Crippen LogP contribution in [0.5, 0.6) is 0 Å². The number of rotatable bonds is 0. The Morgan fingerprint density at radius 2 is 1.62 bits per heavy atom. The molecule has 0 fully saturated rings. The Hall–Kier alpha value is -1.12. The highest BCUT2D eigenvalue weighted by atomic mass is 15.4. The van der Waals surface area contributed by atoms with Gasteiger partial charge in [0.25, 0.3) is 0 Å². The van der Waals surface area contributed by atoms with E-state index in [0.29, 0.717) is 0 Å². The number of anilines is 1. The van der Waals surface area contributed by atoms with Crippen LogP contribution in [0.2, 0.25) is 0 Å². The molecule has 3 heterocycles. The second-order valence-corrected chi connectivity index (χ2v) is 3.87. The maximum Gasteiger partial charge on any atom is 0.527 e. The second kappa shape index (κ2) is 2.69. The SMILES string of the molecule is c1c[n+]2c3[n+](c1)CCCN3CCC2. The molecule has 0 N–H and O–H groups in total. The number of nitrogens with zero attached hydrogens (tertiary/aromatic N) is 3. The average Bonchev–Trinajstić information content (AvgIpc) is 2.19. The van der Waals surface area contributed by atoms with Crippen LogP contribution in [0.3, 0.4) is 0 Å². The van der Waals surface area contributed by atoms with Gasteiger partial charge in [0.1, 0.15) is 38.6 Å². The summed E-state index contributed by atoms with van der Waals surface area (Å²) >= 11 is 0. The van der Waals surface area contributed by atoms with Crippen molar-refractivity contribution in [1.82, 2.24) is 0 Å². The highest BCUT2D eigenvalue weighted by molar-refractivity contribution is 5.18. The predicted molar refractivity (Wildman–Crippen MR) is 48.3 cm³/mol. The van der Waals surface area contributed by atoms with E-state index in [1.165, 1.54) is 45.0 Å². The molecule has 2 aliphatic rings. The Bertz CT molecular complexity index is 307. The van der Waals surface area contributed by atoms with Crippen LogP contribution < -0.4 is 14.0 Å². The third-order valence-electron chi connectivity index (χ3n) is 2.98. The Balaban J connectivity index is 2.18. The van der Waals surface area contributed by atoms with Crippen LogP contribution in [0.4, 0.5) is 5.95 Å². The molecule has 2 aliphatic heterocycles. The van der Waals surface area contributed by atoms with Crippen molar-refractivity contribution < 1.29 is 9.13 Å². The molecule has 1 aromatic heterocycles. The molecule has 68 valence electrons. The first-order valence-corrected chi connectivity index (χ1v) is 5.12. The van der Waals surface area contributed by atoms with Gasteiger partial charge in [-0.15, -0.1) is 0 Å². The first-order chi connectivity index (χ1) is 6.45. The molecule has 13 heavy (non-hydrogen) atoms. The zero-order valence-electron chi connectivity index (χ0n) is 7.82. The van der Waals surface area contributed by atoms with Crippen molar-refractivity contribution in [2.24, 2.45) is 0 Å². The minimum absolute atomic E-state index is 1.19. The Labute approximate surface area is 78.2 Å². The third kappa shape index (κ3) is 1.03. The van der Waals surface area contributed by atoms with Crippen molar-refractivity contribution in [2.75, 3.05) is 18.0 Å². The summed E-state index contributed by atoms with van der Waals surface area (Å²) < 4.78 is 4.76. The molecule has 3 nitrogen and oxygen atoms in total. The molecule has 1 aromatic rings. The van der Waals surface area contributed by atoms with Gasteiger partial charge in [0.05, 0.1) is 0 Å². The lowest BCUT2D eigenvalue weighted by Crippen LogP contribution is -2.61. The Kier molecular flexibility index (Phi) is 1.51. The quantitative estimate of drug-likeness (QED) is 0.503. The molecule has 0 radical (unpaired) electrons. The third-order valence-corrected chi connectivity index (χ3v) is 2.98. The van der Waals surface area contributed by atoms with Crippen molar-refractivity contribution >= 4 is 5.95 Å². The molecule has 0 spiro atoms.